The lowest BCUT2D eigenvalue weighted by Crippen LogP contribution is -2.19. The van der Waals surface area contributed by atoms with Crippen LogP contribution in [0.4, 0.5) is 0 Å². The van der Waals surface area contributed by atoms with Gasteiger partial charge in [0.2, 0.25) is 0 Å². The van der Waals surface area contributed by atoms with Crippen LogP contribution < -0.4 is 0 Å². The van der Waals surface area contributed by atoms with Crippen LogP contribution in [0.1, 0.15) is 18.7 Å². The number of hydrogen-bond donors (Lipinski definition) is 1. The third-order valence-electron chi connectivity index (χ3n) is 3.01. The lowest BCUT2D eigenvalue weighted by atomic mass is 10.3. The molecule has 1 N–H and O–H groups in total. The molecule has 1 fully saturated rings. The molecule has 2 aromatic rings. The molecule has 1 saturated heterocycles. The van der Waals surface area contributed by atoms with E-state index in [4.69, 9.17) is 0 Å². The predicted molar refractivity (Wildman–Crippen MR) is 60.6 cm³/mol. The summed E-state index contributed by atoms with van der Waals surface area (Å²) >= 11 is 0. The lowest BCUT2D eigenvalue weighted by molar-refractivity contribution is 0.324. The maximum atomic E-state index is 4.58. The average Bonchev–Trinajstić information content (AvgIpc) is 2.86. The molecule has 0 atom stereocenters. The molecule has 3 heteroatoms. The summed E-state index contributed by atoms with van der Waals surface area (Å²) in [5.74, 6) is 1.10. The van der Waals surface area contributed by atoms with Gasteiger partial charge in [0.05, 0.1) is 17.6 Å². The molecule has 3 nitrogen and oxygen atoms in total. The van der Waals surface area contributed by atoms with E-state index < -0.39 is 0 Å². The van der Waals surface area contributed by atoms with Crippen molar-refractivity contribution < 1.29 is 0 Å². The number of aromatic nitrogens is 2. The van der Waals surface area contributed by atoms with Crippen molar-refractivity contribution in [3.63, 3.8) is 0 Å². The number of benzene rings is 1. The minimum absolute atomic E-state index is 0.967. The molecule has 0 spiro atoms. The Balaban J connectivity index is 1.84. The third-order valence-corrected chi connectivity index (χ3v) is 3.01. The zero-order valence-corrected chi connectivity index (χ0v) is 8.74. The SMILES string of the molecule is c1ccc2[nH]c(CN3CCCC3)nc2c1. The van der Waals surface area contributed by atoms with E-state index >= 15 is 0 Å². The highest BCUT2D eigenvalue weighted by Gasteiger charge is 2.13. The first-order valence-electron chi connectivity index (χ1n) is 5.58. The highest BCUT2D eigenvalue weighted by molar-refractivity contribution is 5.74. The highest BCUT2D eigenvalue weighted by Crippen LogP contribution is 2.14. The van der Waals surface area contributed by atoms with Gasteiger partial charge in [-0.3, -0.25) is 4.90 Å². The summed E-state index contributed by atoms with van der Waals surface area (Å²) in [7, 11) is 0. The van der Waals surface area contributed by atoms with Gasteiger partial charge in [0.15, 0.2) is 0 Å². The molecule has 0 saturated carbocycles. The zero-order valence-electron chi connectivity index (χ0n) is 8.74. The van der Waals surface area contributed by atoms with E-state index in [1.165, 1.54) is 25.9 Å². The van der Waals surface area contributed by atoms with Gasteiger partial charge in [0.1, 0.15) is 5.82 Å². The number of aromatic amines is 1. The Morgan fingerprint density at radius 3 is 2.80 bits per heavy atom. The molecule has 78 valence electrons. The van der Waals surface area contributed by atoms with Gasteiger partial charge in [-0.15, -0.1) is 0 Å². The number of rotatable bonds is 2. The van der Waals surface area contributed by atoms with Crippen molar-refractivity contribution in [1.29, 1.82) is 0 Å². The Morgan fingerprint density at radius 1 is 1.20 bits per heavy atom. The average molecular weight is 201 g/mol. The van der Waals surface area contributed by atoms with E-state index in [0.717, 1.165) is 23.4 Å². The van der Waals surface area contributed by atoms with Crippen LogP contribution in [0.2, 0.25) is 0 Å². The van der Waals surface area contributed by atoms with E-state index in [1.807, 2.05) is 12.1 Å². The van der Waals surface area contributed by atoms with Crippen molar-refractivity contribution in [3.05, 3.63) is 30.1 Å². The second-order valence-corrected chi connectivity index (χ2v) is 4.18. The number of fused-ring (bicyclic) bond motifs is 1. The van der Waals surface area contributed by atoms with Crippen molar-refractivity contribution in [2.45, 2.75) is 19.4 Å². The minimum Gasteiger partial charge on any atom is -0.341 e. The van der Waals surface area contributed by atoms with Crippen molar-refractivity contribution in [1.82, 2.24) is 14.9 Å². The third kappa shape index (κ3) is 1.75. The van der Waals surface area contributed by atoms with Crippen molar-refractivity contribution in [2.75, 3.05) is 13.1 Å². The van der Waals surface area contributed by atoms with E-state index in [0.29, 0.717) is 0 Å². The smallest absolute Gasteiger partial charge is 0.121 e. The van der Waals surface area contributed by atoms with Crippen LogP contribution in [0.15, 0.2) is 24.3 Å². The quantitative estimate of drug-likeness (QED) is 0.807. The summed E-state index contributed by atoms with van der Waals surface area (Å²) in [5.41, 5.74) is 2.22. The van der Waals surface area contributed by atoms with Gasteiger partial charge in [0, 0.05) is 0 Å². The number of nitrogens with zero attached hydrogens (tertiary/aromatic N) is 2. The second kappa shape index (κ2) is 3.66. The molecule has 2 heterocycles. The molecular weight excluding hydrogens is 186 g/mol. The fraction of sp³-hybridized carbons (Fsp3) is 0.417. The Kier molecular flexibility index (Phi) is 2.18. The molecule has 15 heavy (non-hydrogen) atoms. The van der Waals surface area contributed by atoms with Gasteiger partial charge in [0.25, 0.3) is 0 Å². The number of likely N-dealkylation sites (tertiary alicyclic amines) is 1. The Morgan fingerprint density at radius 2 is 2.00 bits per heavy atom. The van der Waals surface area contributed by atoms with Gasteiger partial charge < -0.3 is 4.98 Å². The largest absolute Gasteiger partial charge is 0.341 e. The summed E-state index contributed by atoms with van der Waals surface area (Å²) < 4.78 is 0. The maximum absolute atomic E-state index is 4.58. The second-order valence-electron chi connectivity index (χ2n) is 4.18. The molecule has 1 aromatic carbocycles. The molecule has 1 aromatic heterocycles. The van der Waals surface area contributed by atoms with Gasteiger partial charge in [-0.05, 0) is 38.1 Å². The fourth-order valence-electron chi connectivity index (χ4n) is 2.23. The van der Waals surface area contributed by atoms with Crippen LogP contribution in [-0.4, -0.2) is 28.0 Å². The first-order valence-corrected chi connectivity index (χ1v) is 5.58. The summed E-state index contributed by atoms with van der Waals surface area (Å²) in [4.78, 5) is 10.4. The van der Waals surface area contributed by atoms with E-state index in [1.54, 1.807) is 0 Å². The molecule has 1 aliphatic rings. The van der Waals surface area contributed by atoms with E-state index in [-0.39, 0.29) is 0 Å². The molecule has 0 radical (unpaired) electrons. The topological polar surface area (TPSA) is 31.9 Å². The van der Waals surface area contributed by atoms with E-state index in [9.17, 15) is 0 Å². The van der Waals surface area contributed by atoms with Gasteiger partial charge in [-0.25, -0.2) is 4.98 Å². The summed E-state index contributed by atoms with van der Waals surface area (Å²) in [6.07, 6.45) is 2.67. The van der Waals surface area contributed by atoms with Crippen LogP contribution in [0.5, 0.6) is 0 Å². The number of hydrogen-bond acceptors (Lipinski definition) is 2. The number of imidazole rings is 1. The summed E-state index contributed by atoms with van der Waals surface area (Å²) in [5, 5.41) is 0. The minimum atomic E-state index is 0.967. The molecule has 0 aliphatic carbocycles. The zero-order chi connectivity index (χ0) is 10.1. The maximum Gasteiger partial charge on any atom is 0.121 e. The number of para-hydroxylation sites is 2. The Hall–Kier alpha value is -1.35. The number of H-pyrrole nitrogens is 1. The molecular formula is C12H15N3. The lowest BCUT2D eigenvalue weighted by Gasteiger charge is -2.11. The Labute approximate surface area is 89.1 Å². The molecule has 1 aliphatic heterocycles. The summed E-state index contributed by atoms with van der Waals surface area (Å²) in [6, 6.07) is 8.21. The van der Waals surface area contributed by atoms with Crippen LogP contribution in [0, 0.1) is 0 Å². The van der Waals surface area contributed by atoms with E-state index in [2.05, 4.69) is 27.0 Å². The van der Waals surface area contributed by atoms with Crippen molar-refractivity contribution in [3.8, 4) is 0 Å². The fourth-order valence-corrected chi connectivity index (χ4v) is 2.23. The molecule has 0 bridgehead atoms. The molecule has 0 amide bonds. The Bertz CT molecular complexity index is 422. The van der Waals surface area contributed by atoms with Crippen LogP contribution >= 0.6 is 0 Å². The first kappa shape index (κ1) is 8.92. The van der Waals surface area contributed by atoms with Crippen molar-refractivity contribution in [2.24, 2.45) is 0 Å². The van der Waals surface area contributed by atoms with Gasteiger partial charge in [-0.2, -0.15) is 0 Å². The van der Waals surface area contributed by atoms with Crippen molar-refractivity contribution >= 4 is 11.0 Å². The normalized spacial score (nSPS) is 17.6. The van der Waals surface area contributed by atoms with Crippen LogP contribution in [0.3, 0.4) is 0 Å². The number of nitrogens with one attached hydrogen (secondary N) is 1. The van der Waals surface area contributed by atoms with Crippen LogP contribution in [-0.2, 0) is 6.54 Å². The molecule has 0 unspecified atom stereocenters. The van der Waals surface area contributed by atoms with Crippen LogP contribution in [0.25, 0.3) is 11.0 Å². The predicted octanol–water partition coefficient (Wildman–Crippen LogP) is 2.16. The van der Waals surface area contributed by atoms with Gasteiger partial charge in [-0.1, -0.05) is 12.1 Å². The van der Waals surface area contributed by atoms with Gasteiger partial charge >= 0.3 is 0 Å². The standard InChI is InChI=1S/C12H15N3/c1-2-6-11-10(5-1)13-12(14-11)9-15-7-3-4-8-15/h1-2,5-6H,3-4,7-9H2,(H,13,14). The first-order chi connectivity index (χ1) is 7.42. The highest BCUT2D eigenvalue weighted by atomic mass is 15.2. The molecule has 3 rings (SSSR count). The monoisotopic (exact) mass is 201 g/mol. The summed E-state index contributed by atoms with van der Waals surface area (Å²) in [6.45, 7) is 3.41.